The van der Waals surface area contributed by atoms with E-state index < -0.39 is 29.9 Å². The molecule has 0 radical (unpaired) electrons. The van der Waals surface area contributed by atoms with E-state index in [0.29, 0.717) is 10.8 Å². The van der Waals surface area contributed by atoms with Crippen molar-refractivity contribution in [3.05, 3.63) is 70.1 Å². The Morgan fingerprint density at radius 3 is 2.25 bits per heavy atom. The van der Waals surface area contributed by atoms with Crippen LogP contribution in [0.1, 0.15) is 58.1 Å². The average molecular weight is 434 g/mol. The van der Waals surface area contributed by atoms with Crippen molar-refractivity contribution in [2.45, 2.75) is 58.2 Å². The van der Waals surface area contributed by atoms with Gasteiger partial charge in [0.15, 0.2) is 0 Å². The summed E-state index contributed by atoms with van der Waals surface area (Å²) in [6.07, 6.45) is 0.0832. The molecule has 1 aliphatic heterocycles. The van der Waals surface area contributed by atoms with Crippen LogP contribution >= 0.6 is 0 Å². The van der Waals surface area contributed by atoms with Gasteiger partial charge in [-0.3, -0.25) is 4.79 Å². The quantitative estimate of drug-likeness (QED) is 0.484. The SMILES string of the molecule is CC(=O)CC(c1ccccc1)c1c(O)c2ccc(B3OC(C)(C)C(C)(C)O3)cc2oc1=O. The van der Waals surface area contributed by atoms with Gasteiger partial charge in [-0.15, -0.1) is 0 Å². The first-order valence-electron chi connectivity index (χ1n) is 10.7. The summed E-state index contributed by atoms with van der Waals surface area (Å²) in [5.74, 6) is -0.863. The van der Waals surface area contributed by atoms with Crippen molar-refractivity contribution in [1.82, 2.24) is 0 Å². The number of Topliss-reactive ketones (excluding diaryl/α,β-unsaturated/α-hetero) is 1. The van der Waals surface area contributed by atoms with Gasteiger partial charge in [-0.25, -0.2) is 4.79 Å². The highest BCUT2D eigenvalue weighted by Gasteiger charge is 2.51. The molecule has 32 heavy (non-hydrogen) atoms. The molecule has 1 unspecified atom stereocenters. The molecule has 3 aromatic rings. The molecule has 1 atom stereocenters. The summed E-state index contributed by atoms with van der Waals surface area (Å²) in [6.45, 7) is 9.32. The molecule has 7 heteroatoms. The van der Waals surface area contributed by atoms with Crippen LogP contribution in [-0.4, -0.2) is 29.2 Å². The van der Waals surface area contributed by atoms with Crippen LogP contribution < -0.4 is 11.1 Å². The lowest BCUT2D eigenvalue weighted by atomic mass is 9.78. The molecule has 0 amide bonds. The number of benzene rings is 2. The van der Waals surface area contributed by atoms with E-state index in [0.717, 1.165) is 5.56 Å². The molecular formula is C25H27BO6. The Hall–Kier alpha value is -2.90. The molecule has 6 nitrogen and oxygen atoms in total. The van der Waals surface area contributed by atoms with E-state index in [4.69, 9.17) is 13.7 Å². The highest BCUT2D eigenvalue weighted by molar-refractivity contribution is 6.62. The van der Waals surface area contributed by atoms with Crippen LogP contribution in [0.25, 0.3) is 11.0 Å². The van der Waals surface area contributed by atoms with Gasteiger partial charge in [-0.05, 0) is 57.8 Å². The molecule has 0 bridgehead atoms. The van der Waals surface area contributed by atoms with Gasteiger partial charge < -0.3 is 18.8 Å². The minimum atomic E-state index is -0.670. The zero-order valence-electron chi connectivity index (χ0n) is 19.0. The third-order valence-electron chi connectivity index (χ3n) is 6.51. The summed E-state index contributed by atoms with van der Waals surface area (Å²) >= 11 is 0. The molecule has 1 aromatic heterocycles. The minimum Gasteiger partial charge on any atom is -0.507 e. The Labute approximate surface area is 187 Å². The molecule has 0 aliphatic carbocycles. The van der Waals surface area contributed by atoms with Crippen LogP contribution in [0.3, 0.4) is 0 Å². The Morgan fingerprint density at radius 1 is 1.03 bits per heavy atom. The van der Waals surface area contributed by atoms with Gasteiger partial charge in [-0.2, -0.15) is 0 Å². The second-order valence-corrected chi connectivity index (χ2v) is 9.37. The molecule has 1 fully saturated rings. The maximum Gasteiger partial charge on any atom is 0.494 e. The highest BCUT2D eigenvalue weighted by atomic mass is 16.7. The largest absolute Gasteiger partial charge is 0.507 e. The number of carbonyl (C=O) groups excluding carboxylic acids is 1. The summed E-state index contributed by atoms with van der Waals surface area (Å²) in [5, 5.41) is 11.5. The standard InChI is InChI=1S/C25H27BO6/c1-15(27)13-19(16-9-7-6-8-10-16)21-22(28)18-12-11-17(14-20(18)30-23(21)29)26-31-24(2,3)25(4,5)32-26/h6-12,14,19,28H,13H2,1-5H3. The van der Waals surface area contributed by atoms with Gasteiger partial charge in [0.25, 0.3) is 0 Å². The molecule has 4 rings (SSSR count). The fraction of sp³-hybridized carbons (Fsp3) is 0.360. The number of carbonyl (C=O) groups is 1. The first-order valence-corrected chi connectivity index (χ1v) is 10.7. The van der Waals surface area contributed by atoms with Gasteiger partial charge in [0.2, 0.25) is 0 Å². The Kier molecular flexibility index (Phi) is 5.51. The summed E-state index contributed by atoms with van der Waals surface area (Å²) in [7, 11) is -0.619. The lowest BCUT2D eigenvalue weighted by molar-refractivity contribution is -0.117. The fourth-order valence-electron chi connectivity index (χ4n) is 4.01. The molecular weight excluding hydrogens is 407 g/mol. The lowest BCUT2D eigenvalue weighted by Gasteiger charge is -2.32. The van der Waals surface area contributed by atoms with E-state index in [9.17, 15) is 14.7 Å². The Balaban J connectivity index is 1.80. The number of aromatic hydroxyl groups is 1. The third kappa shape index (κ3) is 3.87. The second-order valence-electron chi connectivity index (χ2n) is 9.37. The van der Waals surface area contributed by atoms with E-state index in [2.05, 4.69) is 0 Å². The number of rotatable bonds is 5. The topological polar surface area (TPSA) is 86.0 Å². The Bertz CT molecular complexity index is 1210. The van der Waals surface area contributed by atoms with Crippen molar-refractivity contribution < 1.29 is 23.6 Å². The molecule has 0 saturated carbocycles. The van der Waals surface area contributed by atoms with Gasteiger partial charge in [0.1, 0.15) is 17.1 Å². The first-order chi connectivity index (χ1) is 15.0. The molecule has 2 heterocycles. The van der Waals surface area contributed by atoms with Crippen molar-refractivity contribution in [2.24, 2.45) is 0 Å². The summed E-state index contributed by atoms with van der Waals surface area (Å²) in [4.78, 5) is 24.9. The lowest BCUT2D eigenvalue weighted by Crippen LogP contribution is -2.41. The van der Waals surface area contributed by atoms with Crippen molar-refractivity contribution >= 4 is 29.3 Å². The van der Waals surface area contributed by atoms with Crippen LogP contribution in [0.15, 0.2) is 57.7 Å². The second kappa shape index (κ2) is 7.91. The zero-order chi connectivity index (χ0) is 23.3. The molecule has 1 N–H and O–H groups in total. The molecule has 1 saturated heterocycles. The molecule has 166 valence electrons. The van der Waals surface area contributed by atoms with Gasteiger partial charge >= 0.3 is 12.7 Å². The maximum atomic E-state index is 13.0. The first kappa shape index (κ1) is 22.3. The summed E-state index contributed by atoms with van der Waals surface area (Å²) in [6, 6.07) is 14.3. The highest BCUT2D eigenvalue weighted by Crippen LogP contribution is 2.38. The van der Waals surface area contributed by atoms with E-state index >= 15 is 0 Å². The van der Waals surface area contributed by atoms with Gasteiger partial charge in [0, 0.05) is 12.3 Å². The van der Waals surface area contributed by atoms with E-state index in [-0.39, 0.29) is 29.1 Å². The number of fused-ring (bicyclic) bond motifs is 1. The molecule has 1 aliphatic rings. The van der Waals surface area contributed by atoms with Gasteiger partial charge in [0.05, 0.1) is 22.2 Å². The maximum absolute atomic E-state index is 13.0. The number of hydrogen-bond acceptors (Lipinski definition) is 6. The van der Waals surface area contributed by atoms with Crippen LogP contribution in [0, 0.1) is 0 Å². The van der Waals surface area contributed by atoms with Crippen molar-refractivity contribution in [3.8, 4) is 5.75 Å². The molecule has 2 aromatic carbocycles. The minimum absolute atomic E-state index is 0.0832. The predicted molar refractivity (Wildman–Crippen MR) is 123 cm³/mol. The monoisotopic (exact) mass is 434 g/mol. The van der Waals surface area contributed by atoms with Crippen LogP contribution in [0.4, 0.5) is 0 Å². The predicted octanol–water partition coefficient (Wildman–Crippen LogP) is 3.91. The van der Waals surface area contributed by atoms with E-state index in [1.54, 1.807) is 18.2 Å². The molecule has 0 spiro atoms. The Morgan fingerprint density at radius 2 is 1.66 bits per heavy atom. The third-order valence-corrected chi connectivity index (χ3v) is 6.51. The number of ketones is 1. The van der Waals surface area contributed by atoms with Crippen LogP contribution in [0.5, 0.6) is 5.75 Å². The van der Waals surface area contributed by atoms with Gasteiger partial charge in [-0.1, -0.05) is 36.4 Å². The average Bonchev–Trinajstić information content (AvgIpc) is 2.94. The zero-order valence-corrected chi connectivity index (χ0v) is 19.0. The number of hydrogen-bond donors (Lipinski definition) is 1. The summed E-state index contributed by atoms with van der Waals surface area (Å²) in [5.41, 5.74) is 0.0919. The van der Waals surface area contributed by atoms with Crippen molar-refractivity contribution in [3.63, 3.8) is 0 Å². The van der Waals surface area contributed by atoms with E-state index in [1.165, 1.54) is 6.92 Å². The van der Waals surface area contributed by atoms with Crippen LogP contribution in [-0.2, 0) is 14.1 Å². The van der Waals surface area contributed by atoms with Crippen molar-refractivity contribution in [2.75, 3.05) is 0 Å². The van der Waals surface area contributed by atoms with Crippen molar-refractivity contribution in [1.29, 1.82) is 0 Å². The summed E-state index contributed by atoms with van der Waals surface area (Å²) < 4.78 is 17.8. The van der Waals surface area contributed by atoms with Crippen LogP contribution in [0.2, 0.25) is 0 Å². The smallest absolute Gasteiger partial charge is 0.494 e. The normalized spacial score (nSPS) is 18.1. The fourth-order valence-corrected chi connectivity index (χ4v) is 4.01. The van der Waals surface area contributed by atoms with E-state index in [1.807, 2.05) is 58.0 Å².